The van der Waals surface area contributed by atoms with E-state index >= 15 is 0 Å². The van der Waals surface area contributed by atoms with Gasteiger partial charge in [0.2, 0.25) is 0 Å². The number of fused-ring (bicyclic) bond motifs is 5. The normalized spacial score (nSPS) is 41.0. The predicted molar refractivity (Wildman–Crippen MR) is 84.0 cm³/mol. The zero-order valence-electron chi connectivity index (χ0n) is 12.9. The van der Waals surface area contributed by atoms with Crippen LogP contribution in [0.15, 0.2) is 24.3 Å². The summed E-state index contributed by atoms with van der Waals surface area (Å²) < 4.78 is 0. The minimum Gasteiger partial charge on any atom is -0.508 e. The van der Waals surface area contributed by atoms with Gasteiger partial charge in [-0.05, 0) is 77.7 Å². The standard InChI is InChI=1S/C19H24O2/c1-18-9-7-12-11-13(20)3-4-14(12)15(18)5-6-16-17(21)8-10-19(16,18)2/h3-5,11,16-17,20-21H,6-10H2,1-2H3/t16-,17+,18+,19+/m1/s1. The second-order valence-electron chi connectivity index (χ2n) is 7.66. The highest BCUT2D eigenvalue weighted by atomic mass is 16.3. The summed E-state index contributed by atoms with van der Waals surface area (Å²) in [7, 11) is 0. The van der Waals surface area contributed by atoms with E-state index in [9.17, 15) is 10.2 Å². The summed E-state index contributed by atoms with van der Waals surface area (Å²) in [4.78, 5) is 0. The highest BCUT2D eigenvalue weighted by Crippen LogP contribution is 2.66. The van der Waals surface area contributed by atoms with Crippen LogP contribution in [0.1, 0.15) is 50.7 Å². The van der Waals surface area contributed by atoms with Crippen molar-refractivity contribution in [2.24, 2.45) is 16.7 Å². The van der Waals surface area contributed by atoms with Gasteiger partial charge in [0, 0.05) is 0 Å². The first-order valence-electron chi connectivity index (χ1n) is 8.17. The van der Waals surface area contributed by atoms with Gasteiger partial charge < -0.3 is 10.2 Å². The third kappa shape index (κ3) is 1.57. The molecule has 3 aliphatic carbocycles. The number of hydrogen-bond donors (Lipinski definition) is 2. The Balaban J connectivity index is 1.88. The fourth-order valence-electron chi connectivity index (χ4n) is 5.40. The molecule has 1 saturated carbocycles. The highest BCUT2D eigenvalue weighted by Gasteiger charge is 2.58. The van der Waals surface area contributed by atoms with E-state index in [0.29, 0.717) is 11.7 Å². The Bertz CT molecular complexity index is 632. The molecule has 0 amide bonds. The Morgan fingerprint density at radius 1 is 1.19 bits per heavy atom. The van der Waals surface area contributed by atoms with Crippen LogP contribution in [0.5, 0.6) is 5.75 Å². The van der Waals surface area contributed by atoms with Crippen LogP contribution >= 0.6 is 0 Å². The minimum atomic E-state index is -0.133. The quantitative estimate of drug-likeness (QED) is 0.758. The molecular formula is C19H24O2. The van der Waals surface area contributed by atoms with Crippen molar-refractivity contribution in [1.82, 2.24) is 0 Å². The molecule has 0 radical (unpaired) electrons. The monoisotopic (exact) mass is 284 g/mol. The highest BCUT2D eigenvalue weighted by molar-refractivity contribution is 5.76. The van der Waals surface area contributed by atoms with Gasteiger partial charge in [0.05, 0.1) is 6.10 Å². The zero-order valence-corrected chi connectivity index (χ0v) is 12.9. The van der Waals surface area contributed by atoms with Crippen LogP contribution < -0.4 is 0 Å². The number of aliphatic hydroxyl groups excluding tert-OH is 1. The molecule has 0 aromatic heterocycles. The first-order valence-corrected chi connectivity index (χ1v) is 8.17. The van der Waals surface area contributed by atoms with E-state index in [4.69, 9.17) is 0 Å². The van der Waals surface area contributed by atoms with E-state index in [-0.39, 0.29) is 16.9 Å². The fourth-order valence-corrected chi connectivity index (χ4v) is 5.40. The summed E-state index contributed by atoms with van der Waals surface area (Å²) in [6.07, 6.45) is 7.44. The molecule has 3 aliphatic rings. The van der Waals surface area contributed by atoms with Crippen LogP contribution in [0.2, 0.25) is 0 Å². The Labute approximate surface area is 126 Å². The molecule has 4 rings (SSSR count). The van der Waals surface area contributed by atoms with Gasteiger partial charge in [0.25, 0.3) is 0 Å². The average molecular weight is 284 g/mol. The topological polar surface area (TPSA) is 40.5 Å². The van der Waals surface area contributed by atoms with Gasteiger partial charge in [-0.1, -0.05) is 26.0 Å². The van der Waals surface area contributed by atoms with E-state index in [1.54, 1.807) is 0 Å². The van der Waals surface area contributed by atoms with Crippen molar-refractivity contribution >= 4 is 5.57 Å². The van der Waals surface area contributed by atoms with Gasteiger partial charge in [0.15, 0.2) is 0 Å². The molecule has 0 saturated heterocycles. The number of phenols is 1. The smallest absolute Gasteiger partial charge is 0.115 e. The lowest BCUT2D eigenvalue weighted by molar-refractivity contribution is 0.0134. The Morgan fingerprint density at radius 3 is 2.81 bits per heavy atom. The minimum absolute atomic E-state index is 0.133. The number of benzene rings is 1. The lowest BCUT2D eigenvalue weighted by Gasteiger charge is -2.55. The second kappa shape index (κ2) is 4.13. The van der Waals surface area contributed by atoms with E-state index in [1.165, 1.54) is 16.7 Å². The molecule has 1 aromatic carbocycles. The summed E-state index contributed by atoms with van der Waals surface area (Å²) in [5.74, 6) is 0.777. The molecule has 0 bridgehead atoms. The molecule has 2 N–H and O–H groups in total. The largest absolute Gasteiger partial charge is 0.508 e. The van der Waals surface area contributed by atoms with Crippen LogP contribution in [0.25, 0.3) is 5.57 Å². The molecule has 1 aromatic rings. The third-order valence-electron chi connectivity index (χ3n) is 6.95. The maximum atomic E-state index is 10.4. The third-order valence-corrected chi connectivity index (χ3v) is 6.95. The lowest BCUT2D eigenvalue weighted by Crippen LogP contribution is -2.47. The predicted octanol–water partition coefficient (Wildman–Crippen LogP) is 3.91. The summed E-state index contributed by atoms with van der Waals surface area (Å²) in [6, 6.07) is 5.82. The Kier molecular flexibility index (Phi) is 2.63. The molecule has 4 atom stereocenters. The number of aryl methyl sites for hydroxylation is 1. The van der Waals surface area contributed by atoms with Gasteiger partial charge in [-0.15, -0.1) is 0 Å². The van der Waals surface area contributed by atoms with Crippen LogP contribution in [0.4, 0.5) is 0 Å². The molecule has 0 aliphatic heterocycles. The SMILES string of the molecule is C[C@]12CCc3cc(O)ccc3C1=CC[C@@H]1[C@@H](O)CC[C@@]12C. The summed E-state index contributed by atoms with van der Waals surface area (Å²) in [5.41, 5.74) is 4.40. The van der Waals surface area contributed by atoms with Crippen molar-refractivity contribution in [3.8, 4) is 5.75 Å². The average Bonchev–Trinajstić information content (AvgIpc) is 2.76. The number of phenolic OH excluding ortho intramolecular Hbond substituents is 1. The molecular weight excluding hydrogens is 260 g/mol. The first-order chi connectivity index (χ1) is 9.96. The number of aliphatic hydroxyl groups is 1. The van der Waals surface area contributed by atoms with Crippen LogP contribution in [-0.4, -0.2) is 16.3 Å². The van der Waals surface area contributed by atoms with E-state index in [2.05, 4.69) is 26.0 Å². The molecule has 21 heavy (non-hydrogen) atoms. The lowest BCUT2D eigenvalue weighted by atomic mass is 9.49. The van der Waals surface area contributed by atoms with Crippen LogP contribution in [-0.2, 0) is 6.42 Å². The Morgan fingerprint density at radius 2 is 2.00 bits per heavy atom. The van der Waals surface area contributed by atoms with Gasteiger partial charge >= 0.3 is 0 Å². The molecule has 2 nitrogen and oxygen atoms in total. The van der Waals surface area contributed by atoms with Crippen molar-refractivity contribution in [2.45, 2.75) is 52.1 Å². The van der Waals surface area contributed by atoms with Gasteiger partial charge in [-0.2, -0.15) is 0 Å². The second-order valence-corrected chi connectivity index (χ2v) is 7.66. The van der Waals surface area contributed by atoms with Crippen molar-refractivity contribution in [2.75, 3.05) is 0 Å². The van der Waals surface area contributed by atoms with Crippen LogP contribution in [0.3, 0.4) is 0 Å². The summed E-state index contributed by atoms with van der Waals surface area (Å²) >= 11 is 0. The number of allylic oxidation sites excluding steroid dienone is 2. The maximum absolute atomic E-state index is 10.4. The van der Waals surface area contributed by atoms with Gasteiger partial charge in [-0.3, -0.25) is 0 Å². The van der Waals surface area contributed by atoms with Gasteiger partial charge in [0.1, 0.15) is 5.75 Å². The summed E-state index contributed by atoms with van der Waals surface area (Å²) in [6.45, 7) is 4.80. The summed E-state index contributed by atoms with van der Waals surface area (Å²) in [5, 5.41) is 20.1. The fraction of sp³-hybridized carbons (Fsp3) is 0.579. The van der Waals surface area contributed by atoms with E-state index < -0.39 is 0 Å². The van der Waals surface area contributed by atoms with E-state index in [0.717, 1.165) is 32.1 Å². The van der Waals surface area contributed by atoms with Crippen molar-refractivity contribution in [3.63, 3.8) is 0 Å². The molecule has 0 unspecified atom stereocenters. The van der Waals surface area contributed by atoms with Gasteiger partial charge in [-0.25, -0.2) is 0 Å². The molecule has 0 heterocycles. The molecule has 0 spiro atoms. The van der Waals surface area contributed by atoms with E-state index in [1.807, 2.05) is 12.1 Å². The van der Waals surface area contributed by atoms with Crippen LogP contribution in [0, 0.1) is 16.7 Å². The molecule has 1 fully saturated rings. The number of rotatable bonds is 0. The number of hydrogen-bond acceptors (Lipinski definition) is 2. The number of aromatic hydroxyl groups is 1. The maximum Gasteiger partial charge on any atom is 0.115 e. The van der Waals surface area contributed by atoms with Crippen molar-refractivity contribution < 1.29 is 10.2 Å². The molecule has 112 valence electrons. The van der Waals surface area contributed by atoms with Crippen molar-refractivity contribution in [1.29, 1.82) is 0 Å². The van der Waals surface area contributed by atoms with Crippen molar-refractivity contribution in [3.05, 3.63) is 35.4 Å². The Hall–Kier alpha value is -1.28. The first kappa shape index (κ1) is 13.4. The zero-order chi connectivity index (χ0) is 14.8. The molecule has 2 heteroatoms.